The Labute approximate surface area is 93.9 Å². The molecular weight excluding hydrogens is 203 g/mol. The van der Waals surface area contributed by atoms with E-state index in [2.05, 4.69) is 5.32 Å². The van der Waals surface area contributed by atoms with E-state index in [0.717, 1.165) is 16.9 Å². The molecule has 3 heteroatoms. The summed E-state index contributed by atoms with van der Waals surface area (Å²) in [7, 11) is 0. The van der Waals surface area contributed by atoms with Gasteiger partial charge in [0, 0.05) is 17.1 Å². The van der Waals surface area contributed by atoms with Crippen molar-refractivity contribution in [1.29, 1.82) is 0 Å². The summed E-state index contributed by atoms with van der Waals surface area (Å²) in [4.78, 5) is 0. The number of hydrogen-bond acceptors (Lipinski definition) is 2. The summed E-state index contributed by atoms with van der Waals surface area (Å²) in [6.07, 6.45) is 0. The Morgan fingerprint density at radius 3 is 2.69 bits per heavy atom. The van der Waals surface area contributed by atoms with Crippen LogP contribution in [-0.4, -0.2) is 0 Å². The highest BCUT2D eigenvalue weighted by Crippen LogP contribution is 2.22. The standard InChI is InChI=1S/C13H13FN2/c1-9-5-6-10(14)7-13(9)16-12-4-2-3-11(15)8-12/h2-8,16H,15H2,1H3. The number of benzene rings is 2. The van der Waals surface area contributed by atoms with Crippen LogP contribution in [0, 0.1) is 12.7 Å². The Morgan fingerprint density at radius 1 is 1.12 bits per heavy atom. The summed E-state index contributed by atoms with van der Waals surface area (Å²) in [5.41, 5.74) is 8.95. The minimum absolute atomic E-state index is 0.253. The fraction of sp³-hybridized carbons (Fsp3) is 0.0769. The molecule has 0 aliphatic heterocycles. The summed E-state index contributed by atoms with van der Waals surface area (Å²) in [6.45, 7) is 1.92. The van der Waals surface area contributed by atoms with E-state index in [-0.39, 0.29) is 5.82 Å². The van der Waals surface area contributed by atoms with E-state index in [1.165, 1.54) is 12.1 Å². The molecule has 2 aromatic carbocycles. The molecule has 2 aromatic rings. The minimum Gasteiger partial charge on any atom is -0.399 e. The van der Waals surface area contributed by atoms with Gasteiger partial charge < -0.3 is 11.1 Å². The second kappa shape index (κ2) is 4.23. The first kappa shape index (κ1) is 10.5. The number of aryl methyl sites for hydroxylation is 1. The highest BCUT2D eigenvalue weighted by molar-refractivity contribution is 5.65. The van der Waals surface area contributed by atoms with Gasteiger partial charge in [-0.2, -0.15) is 0 Å². The van der Waals surface area contributed by atoms with Crippen molar-refractivity contribution in [3.05, 3.63) is 53.8 Å². The average molecular weight is 216 g/mol. The Bertz CT molecular complexity index is 509. The molecular formula is C13H13FN2. The fourth-order valence-electron chi connectivity index (χ4n) is 1.50. The van der Waals surface area contributed by atoms with Crippen molar-refractivity contribution in [3.8, 4) is 0 Å². The van der Waals surface area contributed by atoms with Crippen molar-refractivity contribution in [3.63, 3.8) is 0 Å². The summed E-state index contributed by atoms with van der Waals surface area (Å²) in [5.74, 6) is -0.253. The predicted octanol–water partition coefficient (Wildman–Crippen LogP) is 3.46. The topological polar surface area (TPSA) is 38.0 Å². The zero-order chi connectivity index (χ0) is 11.5. The SMILES string of the molecule is Cc1ccc(F)cc1Nc1cccc(N)c1. The summed E-state index contributed by atoms with van der Waals surface area (Å²) < 4.78 is 13.1. The molecule has 0 saturated heterocycles. The Morgan fingerprint density at radius 2 is 1.94 bits per heavy atom. The number of hydrogen-bond donors (Lipinski definition) is 2. The molecule has 0 unspecified atom stereocenters. The summed E-state index contributed by atoms with van der Waals surface area (Å²) in [5, 5.41) is 3.13. The van der Waals surface area contributed by atoms with Crippen LogP contribution in [-0.2, 0) is 0 Å². The normalized spacial score (nSPS) is 10.1. The second-order valence-electron chi connectivity index (χ2n) is 3.71. The van der Waals surface area contributed by atoms with Crippen molar-refractivity contribution in [1.82, 2.24) is 0 Å². The first-order valence-electron chi connectivity index (χ1n) is 5.04. The molecule has 0 amide bonds. The van der Waals surface area contributed by atoms with E-state index in [9.17, 15) is 4.39 Å². The highest BCUT2D eigenvalue weighted by Gasteiger charge is 2.00. The Hall–Kier alpha value is -2.03. The van der Waals surface area contributed by atoms with Crippen LogP contribution in [0.15, 0.2) is 42.5 Å². The van der Waals surface area contributed by atoms with Crippen LogP contribution in [0.1, 0.15) is 5.56 Å². The number of nitrogen functional groups attached to an aromatic ring is 1. The smallest absolute Gasteiger partial charge is 0.125 e. The van der Waals surface area contributed by atoms with Crippen molar-refractivity contribution >= 4 is 17.1 Å². The Balaban J connectivity index is 2.30. The molecule has 0 radical (unpaired) electrons. The first-order valence-corrected chi connectivity index (χ1v) is 5.04. The quantitative estimate of drug-likeness (QED) is 0.754. The maximum Gasteiger partial charge on any atom is 0.125 e. The van der Waals surface area contributed by atoms with Gasteiger partial charge >= 0.3 is 0 Å². The molecule has 0 aliphatic carbocycles. The molecule has 0 heterocycles. The lowest BCUT2D eigenvalue weighted by Gasteiger charge is -2.09. The van der Waals surface area contributed by atoms with E-state index < -0.39 is 0 Å². The van der Waals surface area contributed by atoms with E-state index in [0.29, 0.717) is 5.69 Å². The van der Waals surface area contributed by atoms with Crippen LogP contribution in [0.5, 0.6) is 0 Å². The maximum absolute atomic E-state index is 13.1. The van der Waals surface area contributed by atoms with Gasteiger partial charge in [0.05, 0.1) is 0 Å². The van der Waals surface area contributed by atoms with Crippen LogP contribution in [0.4, 0.5) is 21.5 Å². The number of nitrogens with one attached hydrogen (secondary N) is 1. The molecule has 16 heavy (non-hydrogen) atoms. The fourth-order valence-corrected chi connectivity index (χ4v) is 1.50. The number of rotatable bonds is 2. The molecule has 82 valence electrons. The van der Waals surface area contributed by atoms with Crippen LogP contribution in [0.2, 0.25) is 0 Å². The van der Waals surface area contributed by atoms with Crippen LogP contribution >= 0.6 is 0 Å². The van der Waals surface area contributed by atoms with Crippen LogP contribution < -0.4 is 11.1 Å². The van der Waals surface area contributed by atoms with Gasteiger partial charge in [0.1, 0.15) is 5.82 Å². The van der Waals surface area contributed by atoms with Gasteiger partial charge in [0.15, 0.2) is 0 Å². The molecule has 0 atom stereocenters. The second-order valence-corrected chi connectivity index (χ2v) is 3.71. The van der Waals surface area contributed by atoms with Gasteiger partial charge in [0.2, 0.25) is 0 Å². The molecule has 2 nitrogen and oxygen atoms in total. The number of nitrogens with two attached hydrogens (primary N) is 1. The van der Waals surface area contributed by atoms with Crippen LogP contribution in [0.25, 0.3) is 0 Å². The van der Waals surface area contributed by atoms with Crippen molar-refractivity contribution in [2.24, 2.45) is 0 Å². The third-order valence-corrected chi connectivity index (χ3v) is 2.37. The third kappa shape index (κ3) is 2.31. The molecule has 0 spiro atoms. The first-order chi connectivity index (χ1) is 7.65. The number of halogens is 1. The van der Waals surface area contributed by atoms with Crippen molar-refractivity contribution in [2.45, 2.75) is 6.92 Å². The molecule has 0 fully saturated rings. The van der Waals surface area contributed by atoms with E-state index in [1.807, 2.05) is 31.2 Å². The van der Waals surface area contributed by atoms with Gasteiger partial charge in [0.25, 0.3) is 0 Å². The van der Waals surface area contributed by atoms with E-state index in [1.54, 1.807) is 6.07 Å². The monoisotopic (exact) mass is 216 g/mol. The minimum atomic E-state index is -0.253. The van der Waals surface area contributed by atoms with E-state index in [4.69, 9.17) is 5.73 Å². The largest absolute Gasteiger partial charge is 0.399 e. The molecule has 0 saturated carbocycles. The lowest BCUT2D eigenvalue weighted by molar-refractivity contribution is 0.628. The molecule has 3 N–H and O–H groups in total. The third-order valence-electron chi connectivity index (χ3n) is 2.37. The zero-order valence-electron chi connectivity index (χ0n) is 9.00. The maximum atomic E-state index is 13.1. The van der Waals surface area contributed by atoms with Gasteiger partial charge in [-0.25, -0.2) is 4.39 Å². The van der Waals surface area contributed by atoms with E-state index >= 15 is 0 Å². The lowest BCUT2D eigenvalue weighted by atomic mass is 10.2. The highest BCUT2D eigenvalue weighted by atomic mass is 19.1. The molecule has 0 bridgehead atoms. The lowest BCUT2D eigenvalue weighted by Crippen LogP contribution is -1.95. The predicted molar refractivity (Wildman–Crippen MR) is 65.3 cm³/mol. The average Bonchev–Trinajstić information content (AvgIpc) is 2.24. The van der Waals surface area contributed by atoms with Gasteiger partial charge in [-0.15, -0.1) is 0 Å². The zero-order valence-corrected chi connectivity index (χ0v) is 9.00. The molecule has 2 rings (SSSR count). The van der Waals surface area contributed by atoms with Gasteiger partial charge in [-0.1, -0.05) is 12.1 Å². The van der Waals surface area contributed by atoms with Gasteiger partial charge in [-0.05, 0) is 42.8 Å². The van der Waals surface area contributed by atoms with Crippen molar-refractivity contribution < 1.29 is 4.39 Å². The Kier molecular flexibility index (Phi) is 2.77. The van der Waals surface area contributed by atoms with Crippen LogP contribution in [0.3, 0.4) is 0 Å². The summed E-state index contributed by atoms with van der Waals surface area (Å²) in [6, 6.07) is 12.0. The summed E-state index contributed by atoms with van der Waals surface area (Å²) >= 11 is 0. The van der Waals surface area contributed by atoms with Gasteiger partial charge in [-0.3, -0.25) is 0 Å². The number of anilines is 3. The molecule has 0 aliphatic rings. The molecule has 0 aromatic heterocycles. The van der Waals surface area contributed by atoms with Crippen molar-refractivity contribution in [2.75, 3.05) is 11.1 Å².